The third-order valence-electron chi connectivity index (χ3n) is 3.33. The number of aliphatic carboxylic acids is 1. The molecule has 0 aromatic rings. The molecule has 0 spiro atoms. The molecule has 1 aliphatic rings. The van der Waals surface area contributed by atoms with Crippen LogP contribution in [0.15, 0.2) is 0 Å². The third kappa shape index (κ3) is 7.45. The van der Waals surface area contributed by atoms with Crippen molar-refractivity contribution in [2.45, 2.75) is 49.6 Å². The van der Waals surface area contributed by atoms with Crippen molar-refractivity contribution in [3.63, 3.8) is 0 Å². The summed E-state index contributed by atoms with van der Waals surface area (Å²) in [6.07, 6.45) is 3.63. The standard InChI is InChI=1S/C12H19F3N2O3S/c13-12(14,15)21-7-6-16-10(20)17-11(8-9(18)19)4-2-1-3-5-11/h1-8H2,(H,18,19)(H2,16,17,20). The Kier molecular flexibility index (Phi) is 6.63. The van der Waals surface area contributed by atoms with E-state index in [1.165, 1.54) is 0 Å². The fourth-order valence-corrected chi connectivity index (χ4v) is 2.92. The molecule has 0 saturated heterocycles. The molecule has 0 aromatic heterocycles. The molecule has 122 valence electrons. The topological polar surface area (TPSA) is 78.4 Å². The lowest BCUT2D eigenvalue weighted by molar-refractivity contribution is -0.139. The van der Waals surface area contributed by atoms with Crippen LogP contribution >= 0.6 is 11.8 Å². The highest BCUT2D eigenvalue weighted by molar-refractivity contribution is 8.00. The number of amides is 2. The molecule has 0 unspecified atom stereocenters. The first-order chi connectivity index (χ1) is 9.72. The second-order valence-electron chi connectivity index (χ2n) is 5.09. The van der Waals surface area contributed by atoms with Crippen molar-refractivity contribution in [3.8, 4) is 0 Å². The molecule has 0 heterocycles. The summed E-state index contributed by atoms with van der Waals surface area (Å²) in [6.45, 7) is -0.126. The third-order valence-corrected chi connectivity index (χ3v) is 4.07. The minimum atomic E-state index is -4.31. The molecule has 0 bridgehead atoms. The summed E-state index contributed by atoms with van der Waals surface area (Å²) in [5.74, 6) is -1.27. The first-order valence-electron chi connectivity index (χ1n) is 6.71. The molecule has 1 aliphatic carbocycles. The van der Waals surface area contributed by atoms with Gasteiger partial charge in [0.05, 0.1) is 12.0 Å². The molecule has 1 saturated carbocycles. The van der Waals surface area contributed by atoms with Gasteiger partial charge in [-0.3, -0.25) is 4.79 Å². The predicted molar refractivity (Wildman–Crippen MR) is 73.1 cm³/mol. The van der Waals surface area contributed by atoms with E-state index >= 15 is 0 Å². The average molecular weight is 328 g/mol. The van der Waals surface area contributed by atoms with Crippen LogP contribution in [0.25, 0.3) is 0 Å². The van der Waals surface area contributed by atoms with Crippen molar-refractivity contribution >= 4 is 23.8 Å². The van der Waals surface area contributed by atoms with E-state index in [1.807, 2.05) is 0 Å². The smallest absolute Gasteiger partial charge is 0.441 e. The highest BCUT2D eigenvalue weighted by Crippen LogP contribution is 2.31. The quantitative estimate of drug-likeness (QED) is 0.655. The SMILES string of the molecule is O=C(O)CC1(NC(=O)NCCSC(F)(F)F)CCCCC1. The van der Waals surface area contributed by atoms with Gasteiger partial charge in [-0.15, -0.1) is 0 Å². The summed E-state index contributed by atoms with van der Waals surface area (Å²) in [5, 5.41) is 13.9. The van der Waals surface area contributed by atoms with Crippen molar-refractivity contribution in [1.82, 2.24) is 10.6 Å². The highest BCUT2D eigenvalue weighted by Gasteiger charge is 2.35. The minimum absolute atomic E-state index is 0.126. The molecule has 2 amide bonds. The molecule has 0 radical (unpaired) electrons. The summed E-state index contributed by atoms with van der Waals surface area (Å²) >= 11 is -0.205. The number of halogens is 3. The van der Waals surface area contributed by atoms with E-state index in [0.717, 1.165) is 19.3 Å². The van der Waals surface area contributed by atoms with Gasteiger partial charge in [0, 0.05) is 12.3 Å². The Morgan fingerprint density at radius 3 is 2.33 bits per heavy atom. The molecule has 3 N–H and O–H groups in total. The van der Waals surface area contributed by atoms with Gasteiger partial charge in [-0.1, -0.05) is 19.3 Å². The Balaban J connectivity index is 2.40. The van der Waals surface area contributed by atoms with Crippen LogP contribution in [0.4, 0.5) is 18.0 Å². The van der Waals surface area contributed by atoms with E-state index in [4.69, 9.17) is 5.11 Å². The summed E-state index contributed by atoms with van der Waals surface area (Å²) in [6, 6.07) is -0.610. The summed E-state index contributed by atoms with van der Waals surface area (Å²) in [5.41, 5.74) is -5.10. The van der Waals surface area contributed by atoms with Gasteiger partial charge in [0.25, 0.3) is 0 Å². The zero-order chi connectivity index (χ0) is 15.9. The molecular formula is C12H19F3N2O3S. The van der Waals surface area contributed by atoms with Crippen LogP contribution in [-0.2, 0) is 4.79 Å². The summed E-state index contributed by atoms with van der Waals surface area (Å²) < 4.78 is 35.8. The number of carbonyl (C=O) groups is 2. The number of carbonyl (C=O) groups excluding carboxylic acids is 1. The highest BCUT2D eigenvalue weighted by atomic mass is 32.2. The van der Waals surface area contributed by atoms with E-state index in [9.17, 15) is 22.8 Å². The number of rotatable bonds is 6. The van der Waals surface area contributed by atoms with Gasteiger partial charge in [-0.25, -0.2) is 4.79 Å². The number of urea groups is 1. The summed E-state index contributed by atoms with van der Waals surface area (Å²) in [7, 11) is 0. The molecule has 1 rings (SSSR count). The Morgan fingerprint density at radius 2 is 1.81 bits per heavy atom. The Labute approximate surface area is 125 Å². The number of carboxylic acids is 1. The molecule has 1 fully saturated rings. The van der Waals surface area contributed by atoms with Crippen LogP contribution in [0.3, 0.4) is 0 Å². The van der Waals surface area contributed by atoms with Crippen LogP contribution in [-0.4, -0.2) is 40.5 Å². The molecule has 0 aliphatic heterocycles. The fraction of sp³-hybridized carbons (Fsp3) is 0.833. The van der Waals surface area contributed by atoms with Gasteiger partial charge in [0.2, 0.25) is 0 Å². The maximum atomic E-state index is 11.9. The van der Waals surface area contributed by atoms with Crippen molar-refractivity contribution in [2.24, 2.45) is 0 Å². The van der Waals surface area contributed by atoms with Crippen LogP contribution in [0.1, 0.15) is 38.5 Å². The lowest BCUT2D eigenvalue weighted by atomic mass is 9.79. The largest absolute Gasteiger partial charge is 0.481 e. The number of hydrogen-bond acceptors (Lipinski definition) is 3. The van der Waals surface area contributed by atoms with Gasteiger partial charge in [0.1, 0.15) is 0 Å². The lowest BCUT2D eigenvalue weighted by Gasteiger charge is -2.36. The van der Waals surface area contributed by atoms with Gasteiger partial charge >= 0.3 is 17.5 Å². The molecule has 0 aromatic carbocycles. The number of thioether (sulfide) groups is 1. The first-order valence-corrected chi connectivity index (χ1v) is 7.69. The Bertz CT molecular complexity index is 371. The van der Waals surface area contributed by atoms with Crippen LogP contribution in [0.5, 0.6) is 0 Å². The molecule has 0 atom stereocenters. The van der Waals surface area contributed by atoms with Gasteiger partial charge < -0.3 is 15.7 Å². The summed E-state index contributed by atoms with van der Waals surface area (Å²) in [4.78, 5) is 22.6. The van der Waals surface area contributed by atoms with Crippen molar-refractivity contribution in [3.05, 3.63) is 0 Å². The number of alkyl halides is 3. The second-order valence-corrected chi connectivity index (χ2v) is 6.25. The van der Waals surface area contributed by atoms with E-state index in [-0.39, 0.29) is 30.5 Å². The fourth-order valence-electron chi connectivity index (χ4n) is 2.48. The molecular weight excluding hydrogens is 309 g/mol. The maximum Gasteiger partial charge on any atom is 0.441 e. The van der Waals surface area contributed by atoms with Crippen molar-refractivity contribution in [2.75, 3.05) is 12.3 Å². The van der Waals surface area contributed by atoms with E-state index in [1.54, 1.807) is 0 Å². The lowest BCUT2D eigenvalue weighted by Crippen LogP contribution is -2.54. The number of carboxylic acid groups (broad SMARTS) is 1. The van der Waals surface area contributed by atoms with E-state index < -0.39 is 23.0 Å². The number of nitrogens with one attached hydrogen (secondary N) is 2. The first kappa shape index (κ1) is 17.9. The minimum Gasteiger partial charge on any atom is -0.481 e. The zero-order valence-electron chi connectivity index (χ0n) is 11.5. The van der Waals surface area contributed by atoms with E-state index in [0.29, 0.717) is 12.8 Å². The van der Waals surface area contributed by atoms with Crippen molar-refractivity contribution in [1.29, 1.82) is 0 Å². The number of hydrogen-bond donors (Lipinski definition) is 3. The normalized spacial score (nSPS) is 18.0. The molecule has 9 heteroatoms. The van der Waals surface area contributed by atoms with Gasteiger partial charge in [-0.2, -0.15) is 13.2 Å². The van der Waals surface area contributed by atoms with E-state index in [2.05, 4.69) is 10.6 Å². The molecule has 21 heavy (non-hydrogen) atoms. The van der Waals surface area contributed by atoms with Crippen LogP contribution in [0.2, 0.25) is 0 Å². The monoisotopic (exact) mass is 328 g/mol. The van der Waals surface area contributed by atoms with Crippen LogP contribution in [0, 0.1) is 0 Å². The zero-order valence-corrected chi connectivity index (χ0v) is 12.3. The second kappa shape index (κ2) is 7.77. The van der Waals surface area contributed by atoms with Crippen molar-refractivity contribution < 1.29 is 27.9 Å². The van der Waals surface area contributed by atoms with Gasteiger partial charge in [-0.05, 0) is 24.6 Å². The average Bonchev–Trinajstić information content (AvgIpc) is 2.33. The van der Waals surface area contributed by atoms with Gasteiger partial charge in [0.15, 0.2) is 0 Å². The predicted octanol–water partition coefficient (Wildman–Crippen LogP) is 2.72. The Morgan fingerprint density at radius 1 is 1.19 bits per heavy atom. The van der Waals surface area contributed by atoms with Crippen LogP contribution < -0.4 is 10.6 Å². The Hall–Kier alpha value is -1.12. The molecule has 5 nitrogen and oxygen atoms in total. The maximum absolute atomic E-state index is 11.9.